The number of carbonyl (C=O) groups excluding carboxylic acids is 2. The van der Waals surface area contributed by atoms with Gasteiger partial charge in [-0.2, -0.15) is 0 Å². The monoisotopic (exact) mass is 373 g/mol. The molecule has 0 amide bonds. The van der Waals surface area contributed by atoms with Crippen LogP contribution in [-0.2, 0) is 4.74 Å². The lowest BCUT2D eigenvalue weighted by Crippen LogP contribution is -2.24. The Morgan fingerprint density at radius 1 is 0.960 bits per heavy atom. The van der Waals surface area contributed by atoms with Gasteiger partial charge in [0.25, 0.3) is 0 Å². The number of halogens is 2. The SMILES string of the molecule is CC(OC(=O)c1ccc2nc(Cl)ccc2c1)C(=O)c1ccc(Cl)cc1. The first-order valence-electron chi connectivity index (χ1n) is 7.51. The predicted octanol–water partition coefficient (Wildman–Crippen LogP) is 4.97. The summed E-state index contributed by atoms with van der Waals surface area (Å²) in [6, 6.07) is 14.8. The van der Waals surface area contributed by atoms with Crippen molar-refractivity contribution in [3.8, 4) is 0 Å². The molecule has 2 aromatic carbocycles. The van der Waals surface area contributed by atoms with Crippen LogP contribution >= 0.6 is 23.2 Å². The van der Waals surface area contributed by atoms with Gasteiger partial charge in [-0.05, 0) is 61.5 Å². The zero-order chi connectivity index (χ0) is 18.0. The first-order valence-corrected chi connectivity index (χ1v) is 8.27. The number of benzene rings is 2. The third-order valence-corrected chi connectivity index (χ3v) is 4.14. The van der Waals surface area contributed by atoms with Crippen molar-refractivity contribution in [1.82, 2.24) is 4.98 Å². The van der Waals surface area contributed by atoms with Gasteiger partial charge in [-0.25, -0.2) is 9.78 Å². The van der Waals surface area contributed by atoms with Gasteiger partial charge in [0, 0.05) is 16.0 Å². The van der Waals surface area contributed by atoms with E-state index < -0.39 is 12.1 Å². The lowest BCUT2D eigenvalue weighted by molar-refractivity contribution is 0.0319. The van der Waals surface area contributed by atoms with Crippen LogP contribution in [0.2, 0.25) is 10.2 Å². The first kappa shape index (κ1) is 17.4. The highest BCUT2D eigenvalue weighted by atomic mass is 35.5. The molecule has 1 aromatic heterocycles. The molecule has 0 fully saturated rings. The highest BCUT2D eigenvalue weighted by molar-refractivity contribution is 6.30. The second-order valence-corrected chi connectivity index (χ2v) is 6.28. The van der Waals surface area contributed by atoms with Crippen LogP contribution in [0.5, 0.6) is 0 Å². The number of fused-ring (bicyclic) bond motifs is 1. The van der Waals surface area contributed by atoms with Gasteiger partial charge in [-0.1, -0.05) is 23.2 Å². The molecule has 0 aliphatic rings. The fourth-order valence-electron chi connectivity index (χ4n) is 2.36. The number of pyridine rings is 1. The van der Waals surface area contributed by atoms with Gasteiger partial charge < -0.3 is 4.74 Å². The summed E-state index contributed by atoms with van der Waals surface area (Å²) < 4.78 is 5.29. The van der Waals surface area contributed by atoms with Crippen LogP contribution in [-0.4, -0.2) is 22.8 Å². The minimum atomic E-state index is -0.910. The van der Waals surface area contributed by atoms with E-state index in [0.29, 0.717) is 26.8 Å². The first-order chi connectivity index (χ1) is 11.9. The lowest BCUT2D eigenvalue weighted by Gasteiger charge is -2.12. The van der Waals surface area contributed by atoms with E-state index in [-0.39, 0.29) is 5.78 Å². The summed E-state index contributed by atoms with van der Waals surface area (Å²) in [5.41, 5.74) is 1.45. The van der Waals surface area contributed by atoms with Crippen LogP contribution in [0.1, 0.15) is 27.6 Å². The molecule has 1 atom stereocenters. The predicted molar refractivity (Wildman–Crippen MR) is 97.4 cm³/mol. The molecule has 0 aliphatic heterocycles. The molecule has 0 saturated heterocycles. The van der Waals surface area contributed by atoms with E-state index in [0.717, 1.165) is 5.39 Å². The largest absolute Gasteiger partial charge is 0.451 e. The Bertz CT molecular complexity index is 955. The molecule has 6 heteroatoms. The maximum absolute atomic E-state index is 12.3. The average Bonchev–Trinajstić information content (AvgIpc) is 2.61. The standard InChI is InChI=1S/C19H13Cl2NO3/c1-11(18(23)12-2-6-15(20)7-3-12)25-19(24)14-4-8-16-13(10-14)5-9-17(21)22-16/h2-11H,1H3. The molecule has 3 rings (SSSR count). The highest BCUT2D eigenvalue weighted by Gasteiger charge is 2.20. The van der Waals surface area contributed by atoms with Crippen LogP contribution in [0, 0.1) is 0 Å². The van der Waals surface area contributed by atoms with Gasteiger partial charge >= 0.3 is 5.97 Å². The Morgan fingerprint density at radius 3 is 2.36 bits per heavy atom. The molecule has 0 aliphatic carbocycles. The molecule has 0 bridgehead atoms. The van der Waals surface area contributed by atoms with Crippen molar-refractivity contribution in [3.63, 3.8) is 0 Å². The van der Waals surface area contributed by atoms with Gasteiger partial charge in [-0.3, -0.25) is 4.79 Å². The summed E-state index contributed by atoms with van der Waals surface area (Å²) in [7, 11) is 0. The number of aromatic nitrogens is 1. The van der Waals surface area contributed by atoms with Gasteiger partial charge in [0.1, 0.15) is 5.15 Å². The van der Waals surface area contributed by atoms with Crippen molar-refractivity contribution in [1.29, 1.82) is 0 Å². The van der Waals surface area contributed by atoms with Crippen LogP contribution in [0.25, 0.3) is 10.9 Å². The van der Waals surface area contributed by atoms with Crippen LogP contribution in [0.3, 0.4) is 0 Å². The second-order valence-electron chi connectivity index (χ2n) is 5.46. The summed E-state index contributed by atoms with van der Waals surface area (Å²) in [5.74, 6) is -0.870. The molecule has 0 radical (unpaired) electrons. The van der Waals surface area contributed by atoms with E-state index in [9.17, 15) is 9.59 Å². The molecule has 126 valence electrons. The van der Waals surface area contributed by atoms with E-state index in [4.69, 9.17) is 27.9 Å². The molecular weight excluding hydrogens is 361 g/mol. The van der Waals surface area contributed by atoms with E-state index in [1.54, 1.807) is 54.6 Å². The van der Waals surface area contributed by atoms with Gasteiger partial charge in [-0.15, -0.1) is 0 Å². The Labute approximate surface area is 154 Å². The summed E-state index contributed by atoms with van der Waals surface area (Å²) in [5, 5.41) is 1.67. The number of carbonyl (C=O) groups is 2. The minimum absolute atomic E-state index is 0.292. The van der Waals surface area contributed by atoms with Crippen molar-refractivity contribution in [3.05, 3.63) is 75.9 Å². The summed E-state index contributed by atoms with van der Waals surface area (Å²) in [6.45, 7) is 1.54. The van der Waals surface area contributed by atoms with Crippen LogP contribution in [0.15, 0.2) is 54.6 Å². The van der Waals surface area contributed by atoms with Crippen molar-refractivity contribution >= 4 is 45.9 Å². The summed E-state index contributed by atoms with van der Waals surface area (Å²) >= 11 is 11.7. The number of hydrogen-bond acceptors (Lipinski definition) is 4. The fourth-order valence-corrected chi connectivity index (χ4v) is 2.64. The second kappa shape index (κ2) is 7.21. The fraction of sp³-hybridized carbons (Fsp3) is 0.105. The van der Waals surface area contributed by atoms with E-state index in [2.05, 4.69) is 4.98 Å². The van der Waals surface area contributed by atoms with E-state index in [1.165, 1.54) is 6.92 Å². The van der Waals surface area contributed by atoms with Gasteiger partial charge in [0.05, 0.1) is 11.1 Å². The zero-order valence-electron chi connectivity index (χ0n) is 13.2. The number of ether oxygens (including phenoxy) is 1. The molecule has 0 spiro atoms. The molecule has 3 aromatic rings. The molecule has 4 nitrogen and oxygen atoms in total. The maximum Gasteiger partial charge on any atom is 0.338 e. The molecule has 25 heavy (non-hydrogen) atoms. The summed E-state index contributed by atoms with van der Waals surface area (Å²) in [4.78, 5) is 28.8. The number of nitrogens with zero attached hydrogens (tertiary/aromatic N) is 1. The van der Waals surface area contributed by atoms with Gasteiger partial charge in [0.15, 0.2) is 6.10 Å². The quantitative estimate of drug-likeness (QED) is 0.368. The van der Waals surface area contributed by atoms with Gasteiger partial charge in [0.2, 0.25) is 5.78 Å². The average molecular weight is 374 g/mol. The third kappa shape index (κ3) is 3.98. The van der Waals surface area contributed by atoms with Crippen molar-refractivity contribution in [2.24, 2.45) is 0 Å². The minimum Gasteiger partial charge on any atom is -0.451 e. The number of esters is 1. The van der Waals surface area contributed by atoms with Crippen molar-refractivity contribution < 1.29 is 14.3 Å². The molecule has 0 N–H and O–H groups in total. The maximum atomic E-state index is 12.3. The van der Waals surface area contributed by atoms with E-state index in [1.807, 2.05) is 0 Å². The smallest absolute Gasteiger partial charge is 0.338 e. The molecule has 1 heterocycles. The van der Waals surface area contributed by atoms with Crippen molar-refractivity contribution in [2.75, 3.05) is 0 Å². The Hall–Kier alpha value is -2.43. The topological polar surface area (TPSA) is 56.3 Å². The molecule has 0 saturated carbocycles. The number of rotatable bonds is 4. The Morgan fingerprint density at radius 2 is 1.64 bits per heavy atom. The Kier molecular flexibility index (Phi) is 5.02. The third-order valence-electron chi connectivity index (χ3n) is 3.67. The zero-order valence-corrected chi connectivity index (χ0v) is 14.7. The summed E-state index contributed by atoms with van der Waals surface area (Å²) in [6.07, 6.45) is -0.910. The van der Waals surface area contributed by atoms with Crippen LogP contribution < -0.4 is 0 Å². The normalized spacial score (nSPS) is 12.0. The molecule has 1 unspecified atom stereocenters. The number of hydrogen-bond donors (Lipinski definition) is 0. The highest BCUT2D eigenvalue weighted by Crippen LogP contribution is 2.19. The number of Topliss-reactive ketones (excluding diaryl/α,β-unsaturated/α-hetero) is 1. The Balaban J connectivity index is 1.75. The number of ketones is 1. The van der Waals surface area contributed by atoms with E-state index >= 15 is 0 Å². The van der Waals surface area contributed by atoms with Crippen molar-refractivity contribution in [2.45, 2.75) is 13.0 Å². The van der Waals surface area contributed by atoms with Crippen LogP contribution in [0.4, 0.5) is 0 Å². The lowest BCUT2D eigenvalue weighted by atomic mass is 10.1. The molecular formula is C19H13Cl2NO3.